The van der Waals surface area contributed by atoms with E-state index in [1.807, 2.05) is 0 Å². The molecule has 110 valence electrons. The lowest BCUT2D eigenvalue weighted by Gasteiger charge is -2.19. The van der Waals surface area contributed by atoms with Crippen molar-refractivity contribution in [2.75, 3.05) is 10.8 Å². The molecule has 1 saturated heterocycles. The average Bonchev–Trinajstić information content (AvgIpc) is 2.69. The Kier molecular flexibility index (Phi) is 4.09. The highest BCUT2D eigenvalue weighted by atomic mass is 32.2. The van der Waals surface area contributed by atoms with E-state index >= 15 is 0 Å². The van der Waals surface area contributed by atoms with E-state index in [0.29, 0.717) is 0 Å². The van der Waals surface area contributed by atoms with Crippen molar-refractivity contribution in [1.29, 1.82) is 0 Å². The van der Waals surface area contributed by atoms with Gasteiger partial charge in [0, 0.05) is 11.8 Å². The predicted octanol–water partition coefficient (Wildman–Crippen LogP) is 2.28. The molecule has 0 radical (unpaired) electrons. The van der Waals surface area contributed by atoms with Crippen LogP contribution in [-0.2, 0) is 4.79 Å². The SMILES string of the molecule is O=C1C(O)SCN1c1cccc(OC(F)(F)C(F)F)c1. The summed E-state index contributed by atoms with van der Waals surface area (Å²) in [6.07, 6.45) is -8.57. The number of halogens is 4. The zero-order valence-electron chi connectivity index (χ0n) is 9.80. The van der Waals surface area contributed by atoms with Gasteiger partial charge in [0.1, 0.15) is 5.75 Å². The number of alkyl halides is 4. The summed E-state index contributed by atoms with van der Waals surface area (Å²) in [6, 6.07) is 4.81. The van der Waals surface area contributed by atoms with E-state index in [0.717, 1.165) is 28.8 Å². The number of amides is 1. The zero-order chi connectivity index (χ0) is 14.9. The molecule has 1 atom stereocenters. The smallest absolute Gasteiger partial charge is 0.428 e. The maximum absolute atomic E-state index is 12.8. The lowest BCUT2D eigenvalue weighted by atomic mass is 10.2. The Morgan fingerprint density at radius 3 is 2.70 bits per heavy atom. The molecule has 9 heteroatoms. The van der Waals surface area contributed by atoms with Crippen molar-refractivity contribution in [3.63, 3.8) is 0 Å². The molecule has 1 unspecified atom stereocenters. The normalized spacial score (nSPS) is 19.8. The third-order valence-electron chi connectivity index (χ3n) is 2.48. The van der Waals surface area contributed by atoms with Gasteiger partial charge in [-0.3, -0.25) is 9.69 Å². The van der Waals surface area contributed by atoms with Crippen molar-refractivity contribution in [1.82, 2.24) is 0 Å². The van der Waals surface area contributed by atoms with Crippen molar-refractivity contribution in [2.24, 2.45) is 0 Å². The molecule has 0 bridgehead atoms. The highest BCUT2D eigenvalue weighted by molar-refractivity contribution is 8.01. The van der Waals surface area contributed by atoms with Gasteiger partial charge in [0.05, 0.1) is 5.88 Å². The maximum atomic E-state index is 12.8. The van der Waals surface area contributed by atoms with Crippen LogP contribution in [0.25, 0.3) is 0 Å². The van der Waals surface area contributed by atoms with E-state index < -0.39 is 29.6 Å². The quantitative estimate of drug-likeness (QED) is 0.867. The summed E-state index contributed by atoms with van der Waals surface area (Å²) in [5.41, 5.74) is -1.04. The largest absolute Gasteiger partial charge is 0.461 e. The number of anilines is 1. The lowest BCUT2D eigenvalue weighted by Crippen LogP contribution is -2.33. The summed E-state index contributed by atoms with van der Waals surface area (Å²) in [6.45, 7) is 0. The zero-order valence-corrected chi connectivity index (χ0v) is 10.6. The summed E-state index contributed by atoms with van der Waals surface area (Å²) in [5, 5.41) is 9.28. The molecule has 2 rings (SSSR count). The van der Waals surface area contributed by atoms with E-state index in [1.165, 1.54) is 12.1 Å². The summed E-state index contributed by atoms with van der Waals surface area (Å²) < 4.78 is 53.6. The third kappa shape index (κ3) is 2.98. The first-order chi connectivity index (χ1) is 9.31. The van der Waals surface area contributed by atoms with Crippen LogP contribution in [0.5, 0.6) is 5.75 Å². The van der Waals surface area contributed by atoms with Gasteiger partial charge in [-0.1, -0.05) is 17.8 Å². The molecule has 1 amide bonds. The van der Waals surface area contributed by atoms with Crippen LogP contribution < -0.4 is 9.64 Å². The number of aliphatic hydroxyl groups excluding tert-OH is 1. The molecule has 1 aliphatic rings. The fourth-order valence-electron chi connectivity index (χ4n) is 1.53. The number of nitrogens with zero attached hydrogens (tertiary/aromatic N) is 1. The molecule has 1 heterocycles. The summed E-state index contributed by atoms with van der Waals surface area (Å²) in [4.78, 5) is 12.7. The monoisotopic (exact) mass is 311 g/mol. The Balaban J connectivity index is 2.19. The van der Waals surface area contributed by atoms with E-state index in [4.69, 9.17) is 0 Å². The summed E-state index contributed by atoms with van der Waals surface area (Å²) >= 11 is 0.955. The standard InChI is InChI=1S/C11H9F4NO3S/c12-10(13)11(14,15)19-7-3-1-2-6(4-7)16-5-20-9(18)8(16)17/h1-4,9-10,18H,5H2. The second-order valence-corrected chi connectivity index (χ2v) is 4.91. The second-order valence-electron chi connectivity index (χ2n) is 3.88. The van der Waals surface area contributed by atoms with Gasteiger partial charge in [-0.05, 0) is 12.1 Å². The van der Waals surface area contributed by atoms with Gasteiger partial charge in [0.15, 0.2) is 5.44 Å². The van der Waals surface area contributed by atoms with Crippen LogP contribution in [0.1, 0.15) is 0 Å². The van der Waals surface area contributed by atoms with Gasteiger partial charge in [0.25, 0.3) is 5.91 Å². The first-order valence-corrected chi connectivity index (χ1v) is 6.42. The van der Waals surface area contributed by atoms with Gasteiger partial charge in [-0.15, -0.1) is 0 Å². The molecule has 0 aromatic heterocycles. The van der Waals surface area contributed by atoms with Crippen molar-refractivity contribution in [2.45, 2.75) is 18.0 Å². The number of benzene rings is 1. The Bertz CT molecular complexity index is 514. The Morgan fingerprint density at radius 2 is 2.15 bits per heavy atom. The minimum absolute atomic E-state index is 0.134. The number of hydrogen-bond acceptors (Lipinski definition) is 4. The van der Waals surface area contributed by atoms with Crippen LogP contribution >= 0.6 is 11.8 Å². The molecule has 1 aromatic rings. The van der Waals surface area contributed by atoms with Gasteiger partial charge < -0.3 is 9.84 Å². The Hall–Kier alpha value is -1.48. The molecule has 1 fully saturated rings. The van der Waals surface area contributed by atoms with Crippen LogP contribution in [0.4, 0.5) is 23.2 Å². The van der Waals surface area contributed by atoms with Crippen molar-refractivity contribution < 1.29 is 32.2 Å². The minimum atomic E-state index is -4.61. The Morgan fingerprint density at radius 1 is 1.45 bits per heavy atom. The molecular formula is C11H9F4NO3S. The van der Waals surface area contributed by atoms with Crippen LogP contribution in [-0.4, -0.2) is 34.9 Å². The summed E-state index contributed by atoms with van der Waals surface area (Å²) in [7, 11) is 0. The van der Waals surface area contributed by atoms with Crippen molar-refractivity contribution in [3.8, 4) is 5.75 Å². The van der Waals surface area contributed by atoms with E-state index in [2.05, 4.69) is 4.74 Å². The Labute approximate surface area is 115 Å². The van der Waals surface area contributed by atoms with Gasteiger partial charge in [-0.25, -0.2) is 0 Å². The first-order valence-electron chi connectivity index (χ1n) is 5.37. The van der Waals surface area contributed by atoms with E-state index in [-0.39, 0.29) is 11.6 Å². The number of aliphatic hydroxyl groups is 1. The van der Waals surface area contributed by atoms with E-state index in [1.54, 1.807) is 0 Å². The second kappa shape index (κ2) is 5.49. The summed E-state index contributed by atoms with van der Waals surface area (Å²) in [5.74, 6) is -0.964. The first kappa shape index (κ1) is 14.9. The van der Waals surface area contributed by atoms with Crippen molar-refractivity contribution in [3.05, 3.63) is 24.3 Å². The lowest BCUT2D eigenvalue weighted by molar-refractivity contribution is -0.253. The molecular weight excluding hydrogens is 302 g/mol. The number of carbonyl (C=O) groups is 1. The number of carbonyl (C=O) groups excluding carboxylic acids is 1. The van der Waals surface area contributed by atoms with Crippen LogP contribution in [0.2, 0.25) is 0 Å². The predicted molar refractivity (Wildman–Crippen MR) is 64.0 cm³/mol. The maximum Gasteiger partial charge on any atom is 0.461 e. The minimum Gasteiger partial charge on any atom is -0.428 e. The van der Waals surface area contributed by atoms with Gasteiger partial charge in [-0.2, -0.15) is 17.6 Å². The van der Waals surface area contributed by atoms with Crippen LogP contribution in [0.3, 0.4) is 0 Å². The van der Waals surface area contributed by atoms with Gasteiger partial charge >= 0.3 is 12.5 Å². The molecule has 1 aliphatic heterocycles. The van der Waals surface area contributed by atoms with Gasteiger partial charge in [0.2, 0.25) is 0 Å². The molecule has 0 saturated carbocycles. The highest BCUT2D eigenvalue weighted by Gasteiger charge is 2.44. The van der Waals surface area contributed by atoms with Crippen LogP contribution in [0, 0.1) is 0 Å². The fraction of sp³-hybridized carbons (Fsp3) is 0.364. The molecule has 1 aromatic carbocycles. The molecule has 0 spiro atoms. The average molecular weight is 311 g/mol. The molecule has 1 N–H and O–H groups in total. The third-order valence-corrected chi connectivity index (χ3v) is 3.40. The molecule has 20 heavy (non-hydrogen) atoms. The van der Waals surface area contributed by atoms with Crippen molar-refractivity contribution >= 4 is 23.4 Å². The molecule has 4 nitrogen and oxygen atoms in total. The molecule has 0 aliphatic carbocycles. The number of thioether (sulfide) groups is 1. The number of ether oxygens (including phenoxy) is 1. The van der Waals surface area contributed by atoms with E-state index in [9.17, 15) is 27.5 Å². The van der Waals surface area contributed by atoms with Crippen LogP contribution in [0.15, 0.2) is 24.3 Å². The fourth-order valence-corrected chi connectivity index (χ4v) is 2.37. The number of rotatable bonds is 4. The topological polar surface area (TPSA) is 49.8 Å². The number of hydrogen-bond donors (Lipinski definition) is 1. The highest BCUT2D eigenvalue weighted by Crippen LogP contribution is 2.33.